The third-order valence-electron chi connectivity index (χ3n) is 6.06. The van der Waals surface area contributed by atoms with Crippen LogP contribution in [0.1, 0.15) is 57.9 Å². The van der Waals surface area contributed by atoms with Crippen LogP contribution in [0.15, 0.2) is 22.9 Å². The van der Waals surface area contributed by atoms with E-state index < -0.39 is 0 Å². The second-order valence-corrected chi connectivity index (χ2v) is 9.69. The first kappa shape index (κ1) is 14.2. The van der Waals surface area contributed by atoms with Gasteiger partial charge in [0.15, 0.2) is 0 Å². The van der Waals surface area contributed by atoms with Crippen molar-refractivity contribution in [2.24, 2.45) is 16.7 Å². The summed E-state index contributed by atoms with van der Waals surface area (Å²) < 4.78 is 1.08. The molecule has 1 heterocycles. The second-order valence-electron chi connectivity index (χ2n) is 8.78. The van der Waals surface area contributed by atoms with Crippen LogP contribution in [0.3, 0.4) is 0 Å². The average Bonchev–Trinajstić information content (AvgIpc) is 2.32. The van der Waals surface area contributed by atoms with Gasteiger partial charge in [0.2, 0.25) is 0 Å². The maximum atomic E-state index is 4.29. The largest absolute Gasteiger partial charge is 0.307 e. The van der Waals surface area contributed by atoms with Crippen LogP contribution in [-0.4, -0.2) is 10.5 Å². The van der Waals surface area contributed by atoms with Crippen LogP contribution in [-0.2, 0) is 6.54 Å². The lowest BCUT2D eigenvalue weighted by molar-refractivity contribution is -0.118. The molecule has 2 atom stereocenters. The SMILES string of the molecule is CC12CC3CC(C)(C1)CC(NCc1cncc(Br)c1)(C3)C2. The van der Waals surface area contributed by atoms with Crippen LogP contribution < -0.4 is 5.32 Å². The lowest BCUT2D eigenvalue weighted by Gasteiger charge is -2.65. The van der Waals surface area contributed by atoms with E-state index in [0.29, 0.717) is 16.4 Å². The minimum atomic E-state index is 0.380. The molecule has 2 unspecified atom stereocenters. The number of aromatic nitrogens is 1. The van der Waals surface area contributed by atoms with Gasteiger partial charge in [-0.3, -0.25) is 4.98 Å². The van der Waals surface area contributed by atoms with Crippen molar-refractivity contribution in [1.82, 2.24) is 10.3 Å². The molecule has 0 aliphatic heterocycles. The van der Waals surface area contributed by atoms with Gasteiger partial charge in [0.25, 0.3) is 0 Å². The molecule has 1 N–H and O–H groups in total. The first-order valence-corrected chi connectivity index (χ1v) is 9.02. The summed E-state index contributed by atoms with van der Waals surface area (Å²) in [5.41, 5.74) is 2.83. The number of rotatable bonds is 3. The van der Waals surface area contributed by atoms with Gasteiger partial charge in [-0.25, -0.2) is 0 Å². The maximum absolute atomic E-state index is 4.29. The molecule has 2 nitrogen and oxygen atoms in total. The van der Waals surface area contributed by atoms with Crippen molar-refractivity contribution in [3.8, 4) is 0 Å². The molecule has 1 aromatic rings. The van der Waals surface area contributed by atoms with E-state index >= 15 is 0 Å². The van der Waals surface area contributed by atoms with Crippen molar-refractivity contribution in [3.05, 3.63) is 28.5 Å². The predicted molar refractivity (Wildman–Crippen MR) is 88.9 cm³/mol. The molecule has 0 amide bonds. The molecular formula is C18H25BrN2. The molecule has 3 heteroatoms. The number of pyridine rings is 1. The van der Waals surface area contributed by atoms with Gasteiger partial charge in [-0.15, -0.1) is 0 Å². The van der Waals surface area contributed by atoms with Crippen LogP contribution in [0, 0.1) is 16.7 Å². The third kappa shape index (κ3) is 2.57. The lowest BCUT2D eigenvalue weighted by atomic mass is 9.43. The van der Waals surface area contributed by atoms with Gasteiger partial charge in [0.1, 0.15) is 0 Å². The summed E-state index contributed by atoms with van der Waals surface area (Å²) in [5.74, 6) is 0.949. The highest BCUT2D eigenvalue weighted by atomic mass is 79.9. The lowest BCUT2D eigenvalue weighted by Crippen LogP contribution is -2.63. The third-order valence-corrected chi connectivity index (χ3v) is 6.49. The van der Waals surface area contributed by atoms with E-state index in [-0.39, 0.29) is 0 Å². The van der Waals surface area contributed by atoms with E-state index in [4.69, 9.17) is 0 Å². The molecule has 4 saturated carbocycles. The summed E-state index contributed by atoms with van der Waals surface area (Å²) in [6.45, 7) is 6.02. The summed E-state index contributed by atoms with van der Waals surface area (Å²) in [6, 6.07) is 2.18. The highest BCUT2D eigenvalue weighted by Gasteiger charge is 2.59. The average molecular weight is 349 g/mol. The monoisotopic (exact) mass is 348 g/mol. The van der Waals surface area contributed by atoms with E-state index in [1.54, 1.807) is 0 Å². The molecule has 5 rings (SSSR count). The Kier molecular flexibility index (Phi) is 3.07. The molecule has 114 valence electrons. The van der Waals surface area contributed by atoms with E-state index in [0.717, 1.165) is 16.9 Å². The Morgan fingerprint density at radius 3 is 2.48 bits per heavy atom. The Morgan fingerprint density at radius 2 is 1.86 bits per heavy atom. The van der Waals surface area contributed by atoms with Crippen LogP contribution in [0.25, 0.3) is 0 Å². The van der Waals surface area contributed by atoms with Crippen molar-refractivity contribution in [1.29, 1.82) is 0 Å². The summed E-state index contributed by atoms with van der Waals surface area (Å²) in [5, 5.41) is 3.96. The first-order valence-electron chi connectivity index (χ1n) is 8.22. The van der Waals surface area contributed by atoms with Gasteiger partial charge in [-0.2, -0.15) is 0 Å². The van der Waals surface area contributed by atoms with Gasteiger partial charge in [0, 0.05) is 29.0 Å². The number of nitrogens with one attached hydrogen (secondary N) is 1. The normalized spacial score (nSPS) is 44.2. The van der Waals surface area contributed by atoms with Crippen molar-refractivity contribution in [3.63, 3.8) is 0 Å². The zero-order valence-corrected chi connectivity index (χ0v) is 14.7. The number of nitrogens with zero attached hydrogens (tertiary/aromatic N) is 1. The fourth-order valence-corrected chi connectivity index (χ4v) is 6.90. The molecule has 0 saturated heterocycles. The predicted octanol–water partition coefficient (Wildman–Crippen LogP) is 4.68. The highest BCUT2D eigenvalue weighted by Crippen LogP contribution is 2.66. The van der Waals surface area contributed by atoms with E-state index in [2.05, 4.69) is 46.1 Å². The molecule has 0 spiro atoms. The quantitative estimate of drug-likeness (QED) is 0.857. The molecule has 4 bridgehead atoms. The smallest absolute Gasteiger partial charge is 0.0410 e. The first-order chi connectivity index (χ1) is 9.88. The number of hydrogen-bond donors (Lipinski definition) is 1. The fraction of sp³-hybridized carbons (Fsp3) is 0.722. The number of hydrogen-bond acceptors (Lipinski definition) is 2. The summed E-state index contributed by atoms with van der Waals surface area (Å²) in [6.07, 6.45) is 12.3. The molecule has 0 radical (unpaired) electrons. The Bertz CT molecular complexity index is 552. The highest BCUT2D eigenvalue weighted by molar-refractivity contribution is 9.10. The van der Waals surface area contributed by atoms with Crippen LogP contribution in [0.5, 0.6) is 0 Å². The summed E-state index contributed by atoms with van der Waals surface area (Å²) in [4.78, 5) is 4.29. The number of halogens is 1. The molecule has 4 fully saturated rings. The van der Waals surface area contributed by atoms with Crippen LogP contribution in [0.4, 0.5) is 0 Å². The van der Waals surface area contributed by atoms with E-state index in [9.17, 15) is 0 Å². The molecule has 4 aliphatic rings. The van der Waals surface area contributed by atoms with Gasteiger partial charge in [-0.05, 0) is 82.8 Å². The summed E-state index contributed by atoms with van der Waals surface area (Å²) >= 11 is 3.52. The Balaban J connectivity index is 1.54. The standard InChI is InChI=1S/C18H25BrN2/c1-16-4-14-5-17(2,10-16)12-18(6-14,11-16)21-8-13-3-15(19)9-20-7-13/h3,7,9,14,21H,4-6,8,10-12H2,1-2H3. The van der Waals surface area contributed by atoms with Gasteiger partial charge < -0.3 is 5.32 Å². The van der Waals surface area contributed by atoms with Crippen molar-refractivity contribution in [2.45, 2.75) is 64.5 Å². The van der Waals surface area contributed by atoms with Crippen LogP contribution >= 0.6 is 15.9 Å². The molecule has 21 heavy (non-hydrogen) atoms. The Labute approximate surface area is 136 Å². The van der Waals surface area contributed by atoms with Gasteiger partial charge >= 0.3 is 0 Å². The zero-order chi connectivity index (χ0) is 14.7. The molecule has 1 aromatic heterocycles. The minimum absolute atomic E-state index is 0.380. The second kappa shape index (κ2) is 4.55. The van der Waals surface area contributed by atoms with Crippen molar-refractivity contribution in [2.75, 3.05) is 0 Å². The van der Waals surface area contributed by atoms with Crippen molar-refractivity contribution >= 4 is 15.9 Å². The van der Waals surface area contributed by atoms with Crippen molar-refractivity contribution < 1.29 is 0 Å². The topological polar surface area (TPSA) is 24.9 Å². The maximum Gasteiger partial charge on any atom is 0.0410 e. The van der Waals surface area contributed by atoms with E-state index in [1.807, 2.05) is 12.4 Å². The molecule has 0 aromatic carbocycles. The fourth-order valence-electron chi connectivity index (χ4n) is 6.49. The zero-order valence-electron chi connectivity index (χ0n) is 13.1. The Morgan fingerprint density at radius 1 is 1.14 bits per heavy atom. The van der Waals surface area contributed by atoms with Gasteiger partial charge in [-0.1, -0.05) is 13.8 Å². The summed E-state index contributed by atoms with van der Waals surface area (Å²) in [7, 11) is 0. The van der Waals surface area contributed by atoms with Gasteiger partial charge in [0.05, 0.1) is 0 Å². The molecular weight excluding hydrogens is 324 g/mol. The Hall–Kier alpha value is -0.410. The minimum Gasteiger partial charge on any atom is -0.307 e. The molecule has 4 aliphatic carbocycles. The van der Waals surface area contributed by atoms with E-state index in [1.165, 1.54) is 44.1 Å². The van der Waals surface area contributed by atoms with Crippen LogP contribution in [0.2, 0.25) is 0 Å².